The molecule has 0 unspecified atom stereocenters. The molecule has 0 saturated heterocycles. The Kier molecular flexibility index (Phi) is 4.74. The van der Waals surface area contributed by atoms with Crippen LogP contribution >= 0.6 is 0 Å². The van der Waals surface area contributed by atoms with E-state index >= 15 is 0 Å². The summed E-state index contributed by atoms with van der Waals surface area (Å²) in [5.74, 6) is -0.928. The van der Waals surface area contributed by atoms with E-state index in [1.807, 2.05) is 0 Å². The Balaban J connectivity index is 2.12. The molecule has 0 aliphatic carbocycles. The van der Waals surface area contributed by atoms with Crippen LogP contribution in [0.5, 0.6) is 0 Å². The number of hydrogen-bond donors (Lipinski definition) is 2. The van der Waals surface area contributed by atoms with Crippen LogP contribution in [0.15, 0.2) is 53.4 Å². The van der Waals surface area contributed by atoms with Crippen LogP contribution in [0, 0.1) is 5.82 Å². The van der Waals surface area contributed by atoms with Gasteiger partial charge in [-0.2, -0.15) is 0 Å². The normalized spacial score (nSPS) is 11.0. The predicted octanol–water partition coefficient (Wildman–Crippen LogP) is 2.22. The summed E-state index contributed by atoms with van der Waals surface area (Å²) < 4.78 is 41.4. The molecule has 1 amide bonds. The number of anilines is 1. The number of benzene rings is 2. The number of primary sulfonamides is 1. The Morgan fingerprint density at radius 1 is 1.14 bits per heavy atom. The minimum atomic E-state index is -4.18. The Morgan fingerprint density at radius 2 is 1.82 bits per heavy atom. The number of nitrogens with one attached hydrogen (secondary N) is 1. The van der Waals surface area contributed by atoms with E-state index in [1.165, 1.54) is 6.07 Å². The molecule has 0 spiro atoms. The molecule has 0 aliphatic rings. The molecule has 6 nitrogen and oxygen atoms in total. The van der Waals surface area contributed by atoms with E-state index in [2.05, 4.69) is 5.32 Å². The summed E-state index contributed by atoms with van der Waals surface area (Å²) in [5, 5.41) is 7.04. The molecule has 0 saturated carbocycles. The molecule has 0 atom stereocenters. The number of nitrogens with two attached hydrogens (primary N) is 1. The Morgan fingerprint density at radius 3 is 2.45 bits per heavy atom. The van der Waals surface area contributed by atoms with Crippen molar-refractivity contribution in [2.24, 2.45) is 5.14 Å². The largest absolute Gasteiger partial charge is 0.444 e. The van der Waals surface area contributed by atoms with Gasteiger partial charge in [0, 0.05) is 0 Å². The van der Waals surface area contributed by atoms with Gasteiger partial charge in [-0.1, -0.05) is 36.4 Å². The number of para-hydroxylation sites is 1. The first kappa shape index (κ1) is 15.9. The first-order valence-electron chi connectivity index (χ1n) is 6.17. The summed E-state index contributed by atoms with van der Waals surface area (Å²) in [6, 6.07) is 12.1. The van der Waals surface area contributed by atoms with Gasteiger partial charge < -0.3 is 4.74 Å². The lowest BCUT2D eigenvalue weighted by Crippen LogP contribution is -2.20. The Bertz CT molecular complexity index is 779. The van der Waals surface area contributed by atoms with Crippen LogP contribution in [0.25, 0.3) is 0 Å². The second-order valence-corrected chi connectivity index (χ2v) is 5.87. The van der Waals surface area contributed by atoms with Crippen molar-refractivity contribution in [2.75, 3.05) is 5.32 Å². The molecule has 0 radical (unpaired) electrons. The highest BCUT2D eigenvalue weighted by Crippen LogP contribution is 2.23. The van der Waals surface area contributed by atoms with Crippen LogP contribution in [-0.2, 0) is 21.4 Å². The summed E-state index contributed by atoms with van der Waals surface area (Å²) in [7, 11) is -4.18. The molecular weight excluding hydrogens is 311 g/mol. The first-order chi connectivity index (χ1) is 10.4. The number of carbonyl (C=O) groups is 1. The van der Waals surface area contributed by atoms with Gasteiger partial charge in [0.2, 0.25) is 10.0 Å². The average molecular weight is 324 g/mol. The van der Waals surface area contributed by atoms with Gasteiger partial charge in [-0.25, -0.2) is 22.7 Å². The van der Waals surface area contributed by atoms with E-state index in [0.29, 0.717) is 0 Å². The first-order valence-corrected chi connectivity index (χ1v) is 7.71. The van der Waals surface area contributed by atoms with Gasteiger partial charge in [-0.15, -0.1) is 0 Å². The molecular formula is C14H13FN2O4S. The van der Waals surface area contributed by atoms with E-state index in [-0.39, 0.29) is 6.61 Å². The van der Waals surface area contributed by atoms with Crippen molar-refractivity contribution in [3.05, 3.63) is 59.9 Å². The van der Waals surface area contributed by atoms with Crippen molar-refractivity contribution in [3.63, 3.8) is 0 Å². The lowest BCUT2D eigenvalue weighted by atomic mass is 10.2. The number of hydrogen-bond acceptors (Lipinski definition) is 4. The van der Waals surface area contributed by atoms with Crippen LogP contribution in [0.2, 0.25) is 0 Å². The van der Waals surface area contributed by atoms with Gasteiger partial charge in [0.1, 0.15) is 17.3 Å². The lowest BCUT2D eigenvalue weighted by molar-refractivity contribution is 0.155. The molecule has 116 valence electrons. The quantitative estimate of drug-likeness (QED) is 0.901. The maximum Gasteiger partial charge on any atom is 0.412 e. The number of carbonyl (C=O) groups excluding carboxylic acids is 1. The van der Waals surface area contributed by atoms with Crippen molar-refractivity contribution in [1.82, 2.24) is 0 Å². The molecule has 8 heteroatoms. The van der Waals surface area contributed by atoms with Crippen LogP contribution in [-0.4, -0.2) is 14.5 Å². The van der Waals surface area contributed by atoms with Crippen LogP contribution < -0.4 is 10.5 Å². The van der Waals surface area contributed by atoms with Crippen molar-refractivity contribution >= 4 is 21.8 Å². The molecule has 3 N–H and O–H groups in total. The Labute approximate surface area is 126 Å². The number of ether oxygens (including phenoxy) is 1. The minimum Gasteiger partial charge on any atom is -0.444 e. The fourth-order valence-corrected chi connectivity index (χ4v) is 2.43. The summed E-state index contributed by atoms with van der Waals surface area (Å²) in [5.41, 5.74) is 0.195. The smallest absolute Gasteiger partial charge is 0.412 e. The third-order valence-corrected chi connectivity index (χ3v) is 3.67. The highest BCUT2D eigenvalue weighted by molar-refractivity contribution is 7.89. The summed E-state index contributed by atoms with van der Waals surface area (Å²) in [4.78, 5) is 11.2. The molecule has 0 heterocycles. The van der Waals surface area contributed by atoms with Crippen molar-refractivity contribution in [2.45, 2.75) is 11.5 Å². The SMILES string of the molecule is NS(=O)(=O)c1cccc(F)c1NC(=O)OCc1ccccc1. The molecule has 2 rings (SSSR count). The van der Waals surface area contributed by atoms with Crippen LogP contribution in [0.3, 0.4) is 0 Å². The third kappa shape index (κ3) is 4.03. The highest BCUT2D eigenvalue weighted by Gasteiger charge is 2.19. The van der Waals surface area contributed by atoms with Gasteiger partial charge in [-0.05, 0) is 17.7 Å². The van der Waals surface area contributed by atoms with Gasteiger partial charge >= 0.3 is 6.09 Å². The number of rotatable bonds is 4. The molecule has 22 heavy (non-hydrogen) atoms. The zero-order valence-electron chi connectivity index (χ0n) is 11.3. The molecule has 2 aromatic rings. The third-order valence-electron chi connectivity index (χ3n) is 2.72. The maximum atomic E-state index is 13.7. The zero-order chi connectivity index (χ0) is 16.2. The van der Waals surface area contributed by atoms with Gasteiger partial charge in [-0.3, -0.25) is 5.32 Å². The summed E-state index contributed by atoms with van der Waals surface area (Å²) in [6.07, 6.45) is -0.987. The maximum absolute atomic E-state index is 13.7. The van der Waals surface area contributed by atoms with Gasteiger partial charge in [0.25, 0.3) is 0 Å². The molecule has 0 aromatic heterocycles. The minimum absolute atomic E-state index is 0.0359. The van der Waals surface area contributed by atoms with Crippen molar-refractivity contribution < 1.29 is 22.3 Å². The second-order valence-electron chi connectivity index (χ2n) is 4.34. The van der Waals surface area contributed by atoms with Crippen molar-refractivity contribution in [3.8, 4) is 0 Å². The lowest BCUT2D eigenvalue weighted by Gasteiger charge is -2.11. The van der Waals surface area contributed by atoms with Crippen molar-refractivity contribution in [1.29, 1.82) is 0 Å². The number of amides is 1. The summed E-state index contributed by atoms with van der Waals surface area (Å²) in [6.45, 7) is -0.0359. The van der Waals surface area contributed by atoms with E-state index in [9.17, 15) is 17.6 Å². The highest BCUT2D eigenvalue weighted by atomic mass is 32.2. The van der Waals surface area contributed by atoms with Gasteiger partial charge in [0.15, 0.2) is 0 Å². The van der Waals surface area contributed by atoms with E-state index < -0.39 is 32.5 Å². The fraction of sp³-hybridized carbons (Fsp3) is 0.0714. The topological polar surface area (TPSA) is 98.5 Å². The Hall–Kier alpha value is -2.45. The average Bonchev–Trinajstić information content (AvgIpc) is 2.47. The predicted molar refractivity (Wildman–Crippen MR) is 78.0 cm³/mol. The van der Waals surface area contributed by atoms with E-state index in [1.54, 1.807) is 30.3 Å². The molecule has 0 fully saturated rings. The zero-order valence-corrected chi connectivity index (χ0v) is 12.1. The number of sulfonamides is 1. The summed E-state index contributed by atoms with van der Waals surface area (Å²) >= 11 is 0. The van der Waals surface area contributed by atoms with E-state index in [0.717, 1.165) is 17.7 Å². The van der Waals surface area contributed by atoms with Crippen LogP contribution in [0.1, 0.15) is 5.56 Å². The van der Waals surface area contributed by atoms with E-state index in [4.69, 9.17) is 9.88 Å². The molecule has 0 bridgehead atoms. The molecule has 0 aliphatic heterocycles. The standard InChI is InChI=1S/C14H13FN2O4S/c15-11-7-4-8-12(22(16,19)20)13(11)17-14(18)21-9-10-5-2-1-3-6-10/h1-8H,9H2,(H,17,18)(H2,16,19,20). The fourth-order valence-electron chi connectivity index (χ4n) is 1.72. The van der Waals surface area contributed by atoms with Gasteiger partial charge in [0.05, 0.1) is 5.69 Å². The molecule has 2 aromatic carbocycles. The second kappa shape index (κ2) is 6.54. The van der Waals surface area contributed by atoms with Crippen LogP contribution in [0.4, 0.5) is 14.9 Å². The number of halogens is 1. The monoisotopic (exact) mass is 324 g/mol.